The number of ether oxygens (including phenoxy) is 1. The predicted octanol–water partition coefficient (Wildman–Crippen LogP) is 3.77. The van der Waals surface area contributed by atoms with Crippen molar-refractivity contribution in [1.29, 1.82) is 0 Å². The van der Waals surface area contributed by atoms with E-state index < -0.39 is 0 Å². The van der Waals surface area contributed by atoms with Gasteiger partial charge in [-0.3, -0.25) is 4.79 Å². The third kappa shape index (κ3) is 4.85. The van der Waals surface area contributed by atoms with Crippen molar-refractivity contribution in [1.82, 2.24) is 4.90 Å². The number of rotatable bonds is 7. The number of benzene rings is 1. The Hall–Kier alpha value is -1.35. The summed E-state index contributed by atoms with van der Waals surface area (Å²) in [5.41, 5.74) is 1.20. The molecule has 1 fully saturated rings. The molecule has 0 aliphatic carbocycles. The summed E-state index contributed by atoms with van der Waals surface area (Å²) in [7, 11) is 0. The molecular weight excluding hydrogens is 262 g/mol. The van der Waals surface area contributed by atoms with Gasteiger partial charge in [0.05, 0.1) is 6.10 Å². The first-order valence-corrected chi connectivity index (χ1v) is 8.15. The Kier molecular flexibility index (Phi) is 6.24. The van der Waals surface area contributed by atoms with Gasteiger partial charge in [-0.2, -0.15) is 0 Å². The minimum absolute atomic E-state index is 0.253. The molecule has 116 valence electrons. The molecule has 0 spiro atoms. The zero-order valence-corrected chi connectivity index (χ0v) is 13.3. The summed E-state index contributed by atoms with van der Waals surface area (Å²) in [6.07, 6.45) is 4.98. The first-order valence-electron chi connectivity index (χ1n) is 8.15. The van der Waals surface area contributed by atoms with Crippen LogP contribution in [0.1, 0.15) is 51.5 Å². The van der Waals surface area contributed by atoms with Crippen molar-refractivity contribution < 1.29 is 9.53 Å². The number of carbonyl (C=O) groups excluding carboxylic acids is 1. The summed E-state index contributed by atoms with van der Waals surface area (Å²) in [6.45, 7) is 5.83. The smallest absolute Gasteiger partial charge is 0.223 e. The van der Waals surface area contributed by atoms with Gasteiger partial charge in [0, 0.05) is 25.6 Å². The van der Waals surface area contributed by atoms with Crippen molar-refractivity contribution in [3.63, 3.8) is 0 Å². The van der Waals surface area contributed by atoms with Gasteiger partial charge in [0.1, 0.15) is 0 Å². The van der Waals surface area contributed by atoms with Crippen LogP contribution >= 0.6 is 0 Å². The monoisotopic (exact) mass is 289 g/mol. The molecule has 0 N–H and O–H groups in total. The third-order valence-electron chi connectivity index (χ3n) is 4.34. The molecule has 1 saturated heterocycles. The van der Waals surface area contributed by atoms with Crippen LogP contribution in [0.15, 0.2) is 30.3 Å². The van der Waals surface area contributed by atoms with E-state index in [2.05, 4.69) is 26.0 Å². The second-order valence-electron chi connectivity index (χ2n) is 5.94. The number of nitrogens with zero attached hydrogens (tertiary/aromatic N) is 1. The van der Waals surface area contributed by atoms with Gasteiger partial charge >= 0.3 is 0 Å². The summed E-state index contributed by atoms with van der Waals surface area (Å²) >= 11 is 0. The maximum atomic E-state index is 12.6. The highest BCUT2D eigenvalue weighted by Gasteiger charge is 2.22. The summed E-state index contributed by atoms with van der Waals surface area (Å²) in [4.78, 5) is 14.6. The van der Waals surface area contributed by atoms with E-state index in [0.29, 0.717) is 19.1 Å². The highest BCUT2D eigenvalue weighted by Crippen LogP contribution is 2.19. The Balaban J connectivity index is 1.92. The zero-order chi connectivity index (χ0) is 15.1. The maximum Gasteiger partial charge on any atom is 0.223 e. The van der Waals surface area contributed by atoms with E-state index in [0.717, 1.165) is 32.3 Å². The molecule has 1 aliphatic rings. The van der Waals surface area contributed by atoms with Gasteiger partial charge in [-0.25, -0.2) is 0 Å². The van der Waals surface area contributed by atoms with Gasteiger partial charge in [0.15, 0.2) is 0 Å². The van der Waals surface area contributed by atoms with E-state index in [1.165, 1.54) is 5.56 Å². The molecule has 2 unspecified atom stereocenters. The second-order valence-corrected chi connectivity index (χ2v) is 5.94. The van der Waals surface area contributed by atoms with Gasteiger partial charge in [-0.05, 0) is 38.2 Å². The predicted molar refractivity (Wildman–Crippen MR) is 85.0 cm³/mol. The second kappa shape index (κ2) is 8.18. The van der Waals surface area contributed by atoms with Crippen LogP contribution in [0, 0.1) is 0 Å². The lowest BCUT2D eigenvalue weighted by molar-refractivity contribution is -0.134. The topological polar surface area (TPSA) is 29.5 Å². The van der Waals surface area contributed by atoms with Gasteiger partial charge < -0.3 is 9.64 Å². The van der Waals surface area contributed by atoms with E-state index in [-0.39, 0.29) is 11.9 Å². The molecule has 1 aromatic rings. The largest absolute Gasteiger partial charge is 0.378 e. The Morgan fingerprint density at radius 1 is 1.38 bits per heavy atom. The summed E-state index contributed by atoms with van der Waals surface area (Å²) in [5, 5.41) is 0. The number of carbonyl (C=O) groups is 1. The van der Waals surface area contributed by atoms with E-state index in [4.69, 9.17) is 4.74 Å². The highest BCUT2D eigenvalue weighted by molar-refractivity contribution is 5.76. The van der Waals surface area contributed by atoms with Crippen LogP contribution < -0.4 is 0 Å². The molecule has 2 atom stereocenters. The van der Waals surface area contributed by atoms with Crippen molar-refractivity contribution in [3.8, 4) is 0 Å². The molecule has 21 heavy (non-hydrogen) atoms. The molecule has 3 heteroatoms. The van der Waals surface area contributed by atoms with Gasteiger partial charge in [-0.1, -0.05) is 37.3 Å². The summed E-state index contributed by atoms with van der Waals surface area (Å²) in [6, 6.07) is 10.5. The van der Waals surface area contributed by atoms with E-state index in [9.17, 15) is 4.79 Å². The Labute approximate surface area is 128 Å². The number of hydrogen-bond acceptors (Lipinski definition) is 2. The molecule has 1 aromatic carbocycles. The lowest BCUT2D eigenvalue weighted by Gasteiger charge is -2.29. The molecule has 1 aliphatic heterocycles. The lowest BCUT2D eigenvalue weighted by Crippen LogP contribution is -2.38. The molecule has 1 amide bonds. The van der Waals surface area contributed by atoms with Crippen molar-refractivity contribution >= 4 is 5.91 Å². The van der Waals surface area contributed by atoms with Crippen LogP contribution in [0.4, 0.5) is 0 Å². The fraction of sp³-hybridized carbons (Fsp3) is 0.611. The standard InChI is InChI=1S/C18H27NO2/c1-3-15(2)19(14-16-8-5-4-6-9-16)18(20)12-11-17-10-7-13-21-17/h4-6,8-9,15,17H,3,7,10-14H2,1-2H3. The maximum absolute atomic E-state index is 12.6. The molecule has 1 heterocycles. The Morgan fingerprint density at radius 3 is 2.76 bits per heavy atom. The molecular formula is C18H27NO2. The molecule has 2 rings (SSSR count). The highest BCUT2D eigenvalue weighted by atomic mass is 16.5. The fourth-order valence-corrected chi connectivity index (χ4v) is 2.79. The van der Waals surface area contributed by atoms with Crippen LogP contribution in [-0.4, -0.2) is 29.6 Å². The molecule has 0 bridgehead atoms. The van der Waals surface area contributed by atoms with Gasteiger partial charge in [0.25, 0.3) is 0 Å². The van der Waals surface area contributed by atoms with Crippen LogP contribution in [0.5, 0.6) is 0 Å². The fourth-order valence-electron chi connectivity index (χ4n) is 2.79. The molecule has 0 saturated carbocycles. The van der Waals surface area contributed by atoms with E-state index >= 15 is 0 Å². The molecule has 0 radical (unpaired) electrons. The van der Waals surface area contributed by atoms with E-state index in [1.807, 2.05) is 23.1 Å². The number of amides is 1. The lowest BCUT2D eigenvalue weighted by atomic mass is 10.1. The van der Waals surface area contributed by atoms with Crippen molar-refractivity contribution in [2.75, 3.05) is 6.61 Å². The number of hydrogen-bond donors (Lipinski definition) is 0. The molecule has 0 aromatic heterocycles. The minimum atomic E-state index is 0.253. The Bertz CT molecular complexity index is 426. The quantitative estimate of drug-likeness (QED) is 0.764. The van der Waals surface area contributed by atoms with Crippen molar-refractivity contribution in [3.05, 3.63) is 35.9 Å². The summed E-state index contributed by atoms with van der Waals surface area (Å²) in [5.74, 6) is 0.253. The zero-order valence-electron chi connectivity index (χ0n) is 13.3. The molecule has 3 nitrogen and oxygen atoms in total. The summed E-state index contributed by atoms with van der Waals surface area (Å²) < 4.78 is 5.62. The van der Waals surface area contributed by atoms with Crippen LogP contribution in [0.2, 0.25) is 0 Å². The third-order valence-corrected chi connectivity index (χ3v) is 4.34. The average Bonchev–Trinajstić information content (AvgIpc) is 3.04. The van der Waals surface area contributed by atoms with Crippen LogP contribution in [-0.2, 0) is 16.1 Å². The van der Waals surface area contributed by atoms with Gasteiger partial charge in [-0.15, -0.1) is 0 Å². The van der Waals surface area contributed by atoms with Crippen molar-refractivity contribution in [2.24, 2.45) is 0 Å². The van der Waals surface area contributed by atoms with Crippen LogP contribution in [0.25, 0.3) is 0 Å². The van der Waals surface area contributed by atoms with Crippen LogP contribution in [0.3, 0.4) is 0 Å². The van der Waals surface area contributed by atoms with Gasteiger partial charge in [0.2, 0.25) is 5.91 Å². The normalized spacial score (nSPS) is 19.4. The Morgan fingerprint density at radius 2 is 2.14 bits per heavy atom. The van der Waals surface area contributed by atoms with Crippen molar-refractivity contribution in [2.45, 2.75) is 64.6 Å². The first kappa shape index (κ1) is 16.0. The SMILES string of the molecule is CCC(C)N(Cc1ccccc1)C(=O)CCC1CCCO1. The average molecular weight is 289 g/mol. The minimum Gasteiger partial charge on any atom is -0.378 e. The first-order chi connectivity index (χ1) is 10.2. The van der Waals surface area contributed by atoms with E-state index in [1.54, 1.807) is 0 Å².